The van der Waals surface area contributed by atoms with E-state index in [0.717, 1.165) is 6.07 Å². The lowest BCUT2D eigenvalue weighted by molar-refractivity contribution is 0.102. The number of nitrogens with one attached hydrogen (secondary N) is 1. The summed E-state index contributed by atoms with van der Waals surface area (Å²) in [6.45, 7) is 0. The number of methoxy groups -OCH3 is 2. The first-order valence-corrected chi connectivity index (χ1v) is 6.07. The first-order chi connectivity index (χ1) is 10.1. The van der Waals surface area contributed by atoms with Crippen molar-refractivity contribution in [3.63, 3.8) is 0 Å². The van der Waals surface area contributed by atoms with Gasteiger partial charge >= 0.3 is 0 Å². The molecule has 2 aromatic carbocycles. The Morgan fingerprint density at radius 3 is 2.29 bits per heavy atom. The van der Waals surface area contributed by atoms with Crippen LogP contribution in [0.2, 0.25) is 0 Å². The zero-order chi connectivity index (χ0) is 15.4. The molecule has 0 saturated carbocycles. The minimum atomic E-state index is -0.739. The molecule has 0 unspecified atom stereocenters. The molecule has 0 aliphatic carbocycles. The molecule has 0 heterocycles. The number of benzene rings is 2. The quantitative estimate of drug-likeness (QED) is 0.850. The standard InChI is InChI=1S/C15H14FNO4/c1-20-12-4-3-5-13(21-2)14(12)15(19)17-11-7-6-9(18)8-10(11)16/h3-8,18H,1-2H3,(H,17,19). The number of hydrogen-bond acceptors (Lipinski definition) is 4. The highest BCUT2D eigenvalue weighted by Crippen LogP contribution is 2.29. The van der Waals surface area contributed by atoms with Crippen LogP contribution in [0.4, 0.5) is 10.1 Å². The summed E-state index contributed by atoms with van der Waals surface area (Å²) in [5, 5.41) is 11.6. The van der Waals surface area contributed by atoms with Gasteiger partial charge < -0.3 is 19.9 Å². The monoisotopic (exact) mass is 291 g/mol. The van der Waals surface area contributed by atoms with Crippen molar-refractivity contribution in [3.05, 3.63) is 47.8 Å². The molecular weight excluding hydrogens is 277 g/mol. The smallest absolute Gasteiger partial charge is 0.263 e. The van der Waals surface area contributed by atoms with Crippen molar-refractivity contribution in [2.45, 2.75) is 0 Å². The molecule has 0 radical (unpaired) electrons. The molecule has 0 bridgehead atoms. The van der Waals surface area contributed by atoms with Gasteiger partial charge in [-0.3, -0.25) is 4.79 Å². The number of amides is 1. The molecule has 1 amide bonds. The number of phenolic OH excluding ortho intramolecular Hbond substituents is 1. The number of hydrogen-bond donors (Lipinski definition) is 2. The Kier molecular flexibility index (Phi) is 4.27. The highest BCUT2D eigenvalue weighted by molar-refractivity contribution is 6.08. The highest BCUT2D eigenvalue weighted by Gasteiger charge is 2.19. The molecule has 2 N–H and O–H groups in total. The van der Waals surface area contributed by atoms with Crippen molar-refractivity contribution in [2.75, 3.05) is 19.5 Å². The second-order valence-corrected chi connectivity index (χ2v) is 4.16. The summed E-state index contributed by atoms with van der Waals surface area (Å²) in [6.07, 6.45) is 0. The molecule has 21 heavy (non-hydrogen) atoms. The number of anilines is 1. The Balaban J connectivity index is 2.36. The predicted octanol–water partition coefficient (Wildman–Crippen LogP) is 2.80. The molecule has 0 aliphatic heterocycles. The average Bonchev–Trinajstić information content (AvgIpc) is 2.49. The molecule has 2 rings (SSSR count). The molecule has 0 spiro atoms. The van der Waals surface area contributed by atoms with Gasteiger partial charge in [-0.2, -0.15) is 0 Å². The van der Waals surface area contributed by atoms with Gasteiger partial charge in [0.25, 0.3) is 5.91 Å². The summed E-state index contributed by atoms with van der Waals surface area (Å²) in [6, 6.07) is 8.34. The van der Waals surface area contributed by atoms with Gasteiger partial charge in [0, 0.05) is 6.07 Å². The number of phenols is 1. The van der Waals surface area contributed by atoms with E-state index in [1.165, 1.54) is 26.4 Å². The van der Waals surface area contributed by atoms with E-state index in [4.69, 9.17) is 14.6 Å². The Morgan fingerprint density at radius 2 is 1.76 bits per heavy atom. The molecular formula is C15H14FNO4. The van der Waals surface area contributed by atoms with Crippen LogP contribution in [0, 0.1) is 5.82 Å². The number of halogens is 1. The minimum absolute atomic E-state index is 0.0502. The normalized spacial score (nSPS) is 10.0. The van der Waals surface area contributed by atoms with Crippen LogP contribution in [0.1, 0.15) is 10.4 Å². The van der Waals surface area contributed by atoms with Gasteiger partial charge in [0.15, 0.2) is 0 Å². The van der Waals surface area contributed by atoms with E-state index in [-0.39, 0.29) is 17.0 Å². The van der Waals surface area contributed by atoms with Gasteiger partial charge in [-0.1, -0.05) is 6.07 Å². The summed E-state index contributed by atoms with van der Waals surface area (Å²) in [5.74, 6) is -0.913. The zero-order valence-electron chi connectivity index (χ0n) is 11.5. The third kappa shape index (κ3) is 3.05. The number of carbonyl (C=O) groups excluding carboxylic acids is 1. The third-order valence-electron chi connectivity index (χ3n) is 2.86. The fraction of sp³-hybridized carbons (Fsp3) is 0.133. The molecule has 0 aromatic heterocycles. The van der Waals surface area contributed by atoms with Gasteiger partial charge in [0.05, 0.1) is 19.9 Å². The van der Waals surface area contributed by atoms with Crippen LogP contribution in [-0.2, 0) is 0 Å². The topological polar surface area (TPSA) is 67.8 Å². The summed E-state index contributed by atoms with van der Waals surface area (Å²) in [7, 11) is 2.85. The van der Waals surface area contributed by atoms with Crippen molar-refractivity contribution in [1.82, 2.24) is 0 Å². The molecule has 0 saturated heterocycles. The lowest BCUT2D eigenvalue weighted by Crippen LogP contribution is -2.15. The van der Waals surface area contributed by atoms with Crippen LogP contribution in [0.3, 0.4) is 0 Å². The van der Waals surface area contributed by atoms with Gasteiger partial charge in [0.2, 0.25) is 0 Å². The minimum Gasteiger partial charge on any atom is -0.508 e. The van der Waals surface area contributed by atoms with E-state index in [2.05, 4.69) is 5.32 Å². The first kappa shape index (κ1) is 14.6. The van der Waals surface area contributed by atoms with Crippen molar-refractivity contribution < 1.29 is 23.8 Å². The van der Waals surface area contributed by atoms with E-state index in [9.17, 15) is 9.18 Å². The Labute approximate surface area is 120 Å². The summed E-state index contributed by atoms with van der Waals surface area (Å²) in [5.41, 5.74) is 0.112. The second kappa shape index (κ2) is 6.13. The maximum Gasteiger partial charge on any atom is 0.263 e. The number of aromatic hydroxyl groups is 1. The van der Waals surface area contributed by atoms with Crippen LogP contribution in [0.15, 0.2) is 36.4 Å². The third-order valence-corrected chi connectivity index (χ3v) is 2.86. The molecule has 110 valence electrons. The van der Waals surface area contributed by atoms with Crippen molar-refractivity contribution in [3.8, 4) is 17.2 Å². The van der Waals surface area contributed by atoms with Crippen molar-refractivity contribution in [1.29, 1.82) is 0 Å². The summed E-state index contributed by atoms with van der Waals surface area (Å²) in [4.78, 5) is 12.3. The van der Waals surface area contributed by atoms with Gasteiger partial charge in [-0.05, 0) is 24.3 Å². The van der Waals surface area contributed by atoms with E-state index < -0.39 is 11.7 Å². The summed E-state index contributed by atoms with van der Waals surface area (Å²) < 4.78 is 23.9. The van der Waals surface area contributed by atoms with Crippen LogP contribution >= 0.6 is 0 Å². The fourth-order valence-electron chi connectivity index (χ4n) is 1.87. The Hall–Kier alpha value is -2.76. The largest absolute Gasteiger partial charge is 0.508 e. The number of ether oxygens (including phenoxy) is 2. The van der Waals surface area contributed by atoms with E-state index in [1.54, 1.807) is 18.2 Å². The van der Waals surface area contributed by atoms with Crippen molar-refractivity contribution in [2.24, 2.45) is 0 Å². The second-order valence-electron chi connectivity index (χ2n) is 4.16. The maximum atomic E-state index is 13.7. The van der Waals surface area contributed by atoms with Gasteiger partial charge in [0.1, 0.15) is 28.6 Å². The molecule has 6 heteroatoms. The summed E-state index contributed by atoms with van der Waals surface area (Å²) >= 11 is 0. The Morgan fingerprint density at radius 1 is 1.14 bits per heavy atom. The van der Waals surface area contributed by atoms with Crippen LogP contribution in [0.5, 0.6) is 17.2 Å². The fourth-order valence-corrected chi connectivity index (χ4v) is 1.87. The predicted molar refractivity (Wildman–Crippen MR) is 75.6 cm³/mol. The van der Waals surface area contributed by atoms with Gasteiger partial charge in [-0.25, -0.2) is 4.39 Å². The molecule has 0 atom stereocenters. The number of rotatable bonds is 4. The molecule has 0 fully saturated rings. The highest BCUT2D eigenvalue weighted by atomic mass is 19.1. The van der Waals surface area contributed by atoms with Gasteiger partial charge in [-0.15, -0.1) is 0 Å². The van der Waals surface area contributed by atoms with E-state index >= 15 is 0 Å². The van der Waals surface area contributed by atoms with Crippen LogP contribution in [0.25, 0.3) is 0 Å². The molecule has 2 aromatic rings. The van der Waals surface area contributed by atoms with E-state index in [0.29, 0.717) is 11.5 Å². The average molecular weight is 291 g/mol. The van der Waals surface area contributed by atoms with Crippen LogP contribution < -0.4 is 14.8 Å². The molecule has 0 aliphatic rings. The van der Waals surface area contributed by atoms with Crippen molar-refractivity contribution >= 4 is 11.6 Å². The van der Waals surface area contributed by atoms with Crippen LogP contribution in [-0.4, -0.2) is 25.2 Å². The molecule has 5 nitrogen and oxygen atoms in total. The lowest BCUT2D eigenvalue weighted by atomic mass is 10.1. The Bertz CT molecular complexity index is 650. The maximum absolute atomic E-state index is 13.7. The number of carbonyl (C=O) groups is 1. The van der Waals surface area contributed by atoms with E-state index in [1.807, 2.05) is 0 Å². The zero-order valence-corrected chi connectivity index (χ0v) is 11.5. The lowest BCUT2D eigenvalue weighted by Gasteiger charge is -2.13. The SMILES string of the molecule is COc1cccc(OC)c1C(=O)Nc1ccc(O)cc1F. The first-order valence-electron chi connectivity index (χ1n) is 6.07.